The molecule has 0 fully saturated rings. The monoisotopic (exact) mass is 340 g/mol. The number of likely N-dealkylation sites (N-methyl/N-ethyl adjacent to an activating group) is 1. The first-order chi connectivity index (χ1) is 12.1. The number of hydrogen-bond donors (Lipinski definition) is 1. The Bertz CT molecular complexity index is 674. The number of alkyl carbamates (subject to hydrolysis) is 1. The van der Waals surface area contributed by atoms with Gasteiger partial charge in [0.2, 0.25) is 5.91 Å². The zero-order valence-corrected chi connectivity index (χ0v) is 14.6. The minimum atomic E-state index is -0.671. The number of rotatable bonds is 7. The molecular weight excluding hydrogens is 316 g/mol. The highest BCUT2D eigenvalue weighted by molar-refractivity contribution is 5.85. The first-order valence-corrected chi connectivity index (χ1v) is 8.36. The largest absolute Gasteiger partial charge is 0.450 e. The Morgan fingerprint density at radius 1 is 1.00 bits per heavy atom. The maximum atomic E-state index is 12.8. The lowest BCUT2D eigenvalue weighted by Crippen LogP contribution is -2.48. The van der Waals surface area contributed by atoms with Crippen LogP contribution in [0, 0.1) is 0 Å². The van der Waals surface area contributed by atoms with E-state index in [9.17, 15) is 9.59 Å². The fourth-order valence-electron chi connectivity index (χ4n) is 2.57. The van der Waals surface area contributed by atoms with E-state index in [1.54, 1.807) is 18.9 Å². The van der Waals surface area contributed by atoms with Gasteiger partial charge >= 0.3 is 6.09 Å². The number of ether oxygens (including phenoxy) is 1. The topological polar surface area (TPSA) is 58.6 Å². The Morgan fingerprint density at radius 2 is 1.56 bits per heavy atom. The molecule has 5 heteroatoms. The van der Waals surface area contributed by atoms with Gasteiger partial charge in [-0.1, -0.05) is 60.7 Å². The van der Waals surface area contributed by atoms with E-state index >= 15 is 0 Å². The van der Waals surface area contributed by atoms with Gasteiger partial charge in [0.05, 0.1) is 6.61 Å². The average molecular weight is 340 g/mol. The molecule has 0 radical (unpaired) electrons. The molecule has 0 heterocycles. The van der Waals surface area contributed by atoms with Crippen molar-refractivity contribution in [2.24, 2.45) is 0 Å². The van der Waals surface area contributed by atoms with Crippen molar-refractivity contribution in [1.29, 1.82) is 0 Å². The third-order valence-corrected chi connectivity index (χ3v) is 3.79. The van der Waals surface area contributed by atoms with Gasteiger partial charge < -0.3 is 15.0 Å². The van der Waals surface area contributed by atoms with Gasteiger partial charge in [-0.2, -0.15) is 0 Å². The molecule has 0 unspecified atom stereocenters. The molecule has 2 amide bonds. The van der Waals surface area contributed by atoms with Crippen LogP contribution in [0.3, 0.4) is 0 Å². The van der Waals surface area contributed by atoms with E-state index in [1.165, 1.54) is 0 Å². The van der Waals surface area contributed by atoms with Gasteiger partial charge in [0.25, 0.3) is 0 Å². The number of nitrogens with one attached hydrogen (secondary N) is 1. The molecule has 2 aromatic rings. The quantitative estimate of drug-likeness (QED) is 0.843. The molecule has 0 saturated heterocycles. The number of benzene rings is 2. The fraction of sp³-hybridized carbons (Fsp3) is 0.300. The molecule has 0 aliphatic rings. The molecule has 2 aromatic carbocycles. The summed E-state index contributed by atoms with van der Waals surface area (Å²) >= 11 is 0. The summed E-state index contributed by atoms with van der Waals surface area (Å²) in [7, 11) is 1.74. The predicted molar refractivity (Wildman–Crippen MR) is 97.0 cm³/mol. The number of amides is 2. The van der Waals surface area contributed by atoms with Crippen LogP contribution in [-0.4, -0.2) is 36.6 Å². The SMILES string of the molecule is CCOC(=O)N[C@@H](Cc1ccccc1)C(=O)N(C)Cc1ccccc1. The van der Waals surface area contributed by atoms with Gasteiger partial charge in [0.1, 0.15) is 6.04 Å². The Labute approximate surface area is 148 Å². The summed E-state index contributed by atoms with van der Waals surface area (Å²) < 4.78 is 4.94. The van der Waals surface area contributed by atoms with E-state index < -0.39 is 12.1 Å². The summed E-state index contributed by atoms with van der Waals surface area (Å²) in [5, 5.41) is 2.68. The molecular formula is C20H24N2O3. The van der Waals surface area contributed by atoms with Crippen molar-refractivity contribution >= 4 is 12.0 Å². The maximum Gasteiger partial charge on any atom is 0.407 e. The molecule has 0 saturated carbocycles. The normalized spacial score (nSPS) is 11.4. The Balaban J connectivity index is 2.09. The van der Waals surface area contributed by atoms with Crippen LogP contribution in [0.5, 0.6) is 0 Å². The van der Waals surface area contributed by atoms with E-state index in [-0.39, 0.29) is 12.5 Å². The Hall–Kier alpha value is -2.82. The van der Waals surface area contributed by atoms with Gasteiger partial charge in [0.15, 0.2) is 0 Å². The van der Waals surface area contributed by atoms with Crippen LogP contribution in [0.25, 0.3) is 0 Å². The van der Waals surface area contributed by atoms with Crippen LogP contribution in [0.2, 0.25) is 0 Å². The molecule has 1 atom stereocenters. The van der Waals surface area contributed by atoms with E-state index in [4.69, 9.17) is 4.74 Å². The summed E-state index contributed by atoms with van der Waals surface area (Å²) in [5.41, 5.74) is 2.01. The summed E-state index contributed by atoms with van der Waals surface area (Å²) in [6.45, 7) is 2.47. The highest BCUT2D eigenvalue weighted by atomic mass is 16.5. The van der Waals surface area contributed by atoms with E-state index in [0.29, 0.717) is 13.0 Å². The first kappa shape index (κ1) is 18.5. The fourth-order valence-corrected chi connectivity index (χ4v) is 2.57. The summed E-state index contributed by atoms with van der Waals surface area (Å²) in [6.07, 6.45) is -0.165. The zero-order valence-electron chi connectivity index (χ0n) is 14.6. The second-order valence-electron chi connectivity index (χ2n) is 5.79. The molecule has 0 bridgehead atoms. The van der Waals surface area contributed by atoms with Crippen molar-refractivity contribution < 1.29 is 14.3 Å². The van der Waals surface area contributed by atoms with Gasteiger partial charge in [-0.3, -0.25) is 4.79 Å². The average Bonchev–Trinajstić information content (AvgIpc) is 2.62. The van der Waals surface area contributed by atoms with Gasteiger partial charge in [-0.05, 0) is 18.1 Å². The predicted octanol–water partition coefficient (Wildman–Crippen LogP) is 3.00. The van der Waals surface area contributed by atoms with Crippen molar-refractivity contribution in [3.05, 3.63) is 71.8 Å². The standard InChI is InChI=1S/C20H24N2O3/c1-3-25-20(24)21-18(14-16-10-6-4-7-11-16)19(23)22(2)15-17-12-8-5-9-13-17/h4-13,18H,3,14-15H2,1-2H3,(H,21,24)/t18-/m0/s1. The van der Waals surface area contributed by atoms with Crippen LogP contribution >= 0.6 is 0 Å². The molecule has 0 aliphatic heterocycles. The Morgan fingerprint density at radius 3 is 2.12 bits per heavy atom. The highest BCUT2D eigenvalue weighted by Crippen LogP contribution is 2.09. The van der Waals surface area contributed by atoms with Gasteiger partial charge in [0, 0.05) is 20.0 Å². The summed E-state index contributed by atoms with van der Waals surface area (Å²) in [4.78, 5) is 26.3. The third kappa shape index (κ3) is 5.95. The molecule has 0 spiro atoms. The van der Waals surface area contributed by atoms with Crippen LogP contribution in [0.1, 0.15) is 18.1 Å². The van der Waals surface area contributed by atoms with Crippen molar-refractivity contribution in [3.63, 3.8) is 0 Å². The van der Waals surface area contributed by atoms with Gasteiger partial charge in [-0.25, -0.2) is 4.79 Å². The molecule has 1 N–H and O–H groups in total. The number of nitrogens with zero attached hydrogens (tertiary/aromatic N) is 1. The number of carbonyl (C=O) groups is 2. The molecule has 0 aromatic heterocycles. The number of hydrogen-bond acceptors (Lipinski definition) is 3. The lowest BCUT2D eigenvalue weighted by Gasteiger charge is -2.24. The van der Waals surface area contributed by atoms with Crippen molar-refractivity contribution in [2.45, 2.75) is 25.9 Å². The Kier molecular flexibility index (Phi) is 7.01. The summed E-state index contributed by atoms with van der Waals surface area (Å²) in [5.74, 6) is -0.152. The lowest BCUT2D eigenvalue weighted by atomic mass is 10.0. The van der Waals surface area contributed by atoms with Crippen LogP contribution in [0.15, 0.2) is 60.7 Å². The molecule has 0 aliphatic carbocycles. The molecule has 132 valence electrons. The summed E-state index contributed by atoms with van der Waals surface area (Å²) in [6, 6.07) is 18.7. The van der Waals surface area contributed by atoms with Crippen molar-refractivity contribution in [2.75, 3.05) is 13.7 Å². The van der Waals surface area contributed by atoms with E-state index in [2.05, 4.69) is 5.32 Å². The van der Waals surface area contributed by atoms with Crippen LogP contribution < -0.4 is 5.32 Å². The van der Waals surface area contributed by atoms with E-state index in [0.717, 1.165) is 11.1 Å². The minimum absolute atomic E-state index is 0.152. The smallest absolute Gasteiger partial charge is 0.407 e. The first-order valence-electron chi connectivity index (χ1n) is 8.36. The second-order valence-corrected chi connectivity index (χ2v) is 5.79. The van der Waals surface area contributed by atoms with Crippen molar-refractivity contribution in [1.82, 2.24) is 10.2 Å². The van der Waals surface area contributed by atoms with E-state index in [1.807, 2.05) is 60.7 Å². The maximum absolute atomic E-state index is 12.8. The van der Waals surface area contributed by atoms with Crippen LogP contribution in [-0.2, 0) is 22.5 Å². The second kappa shape index (κ2) is 9.47. The molecule has 5 nitrogen and oxygen atoms in total. The van der Waals surface area contributed by atoms with Crippen molar-refractivity contribution in [3.8, 4) is 0 Å². The lowest BCUT2D eigenvalue weighted by molar-refractivity contribution is -0.132. The van der Waals surface area contributed by atoms with Gasteiger partial charge in [-0.15, -0.1) is 0 Å². The molecule has 25 heavy (non-hydrogen) atoms. The number of carbonyl (C=O) groups excluding carboxylic acids is 2. The van der Waals surface area contributed by atoms with Crippen LogP contribution in [0.4, 0.5) is 4.79 Å². The molecule has 2 rings (SSSR count). The minimum Gasteiger partial charge on any atom is -0.450 e. The highest BCUT2D eigenvalue weighted by Gasteiger charge is 2.25. The zero-order chi connectivity index (χ0) is 18.1. The third-order valence-electron chi connectivity index (χ3n) is 3.79.